The lowest BCUT2D eigenvalue weighted by molar-refractivity contribution is 0.233. The molecule has 1 aliphatic rings. The highest BCUT2D eigenvalue weighted by Crippen LogP contribution is 2.39. The van der Waals surface area contributed by atoms with Gasteiger partial charge in [-0.1, -0.05) is 26.2 Å². The molecule has 0 aliphatic heterocycles. The van der Waals surface area contributed by atoms with E-state index in [-0.39, 0.29) is 5.54 Å². The van der Waals surface area contributed by atoms with Crippen molar-refractivity contribution in [2.75, 3.05) is 6.54 Å². The zero-order valence-corrected chi connectivity index (χ0v) is 12.1. The molecule has 1 aromatic rings. The molecule has 1 saturated carbocycles. The van der Waals surface area contributed by atoms with Gasteiger partial charge in [-0.25, -0.2) is 4.98 Å². The van der Waals surface area contributed by atoms with E-state index in [1.54, 1.807) is 0 Å². The van der Waals surface area contributed by atoms with Crippen molar-refractivity contribution < 1.29 is 0 Å². The summed E-state index contributed by atoms with van der Waals surface area (Å²) in [7, 11) is 0. The van der Waals surface area contributed by atoms with Crippen molar-refractivity contribution >= 4 is 11.3 Å². The quantitative estimate of drug-likeness (QED) is 0.878. The van der Waals surface area contributed by atoms with E-state index < -0.39 is 0 Å². The molecular weight excluding hydrogens is 228 g/mol. The van der Waals surface area contributed by atoms with Crippen molar-refractivity contribution in [2.45, 2.75) is 64.8 Å². The Hall–Kier alpha value is -0.410. The van der Waals surface area contributed by atoms with E-state index in [9.17, 15) is 0 Å². The topological polar surface area (TPSA) is 24.9 Å². The minimum atomic E-state index is 0.192. The molecular formula is C14H24N2S. The summed E-state index contributed by atoms with van der Waals surface area (Å²) in [6, 6.07) is 0. The first-order valence-electron chi connectivity index (χ1n) is 6.87. The van der Waals surface area contributed by atoms with Gasteiger partial charge in [0.2, 0.25) is 0 Å². The van der Waals surface area contributed by atoms with Crippen molar-refractivity contribution in [1.29, 1.82) is 0 Å². The summed E-state index contributed by atoms with van der Waals surface area (Å²) in [5.41, 5.74) is 1.41. The molecule has 1 N–H and O–H groups in total. The van der Waals surface area contributed by atoms with Gasteiger partial charge in [0.05, 0.1) is 11.2 Å². The van der Waals surface area contributed by atoms with Gasteiger partial charge in [0, 0.05) is 4.88 Å². The van der Waals surface area contributed by atoms with Crippen molar-refractivity contribution in [3.05, 3.63) is 15.6 Å². The van der Waals surface area contributed by atoms with Gasteiger partial charge >= 0.3 is 0 Å². The highest BCUT2D eigenvalue weighted by Gasteiger charge is 2.36. The largest absolute Gasteiger partial charge is 0.305 e. The molecule has 1 aliphatic carbocycles. The number of aromatic nitrogens is 1. The summed E-state index contributed by atoms with van der Waals surface area (Å²) in [5, 5.41) is 5.12. The van der Waals surface area contributed by atoms with Crippen LogP contribution in [0.25, 0.3) is 0 Å². The lowest BCUT2D eigenvalue weighted by atomic mass is 9.82. The predicted molar refractivity (Wildman–Crippen MR) is 74.6 cm³/mol. The van der Waals surface area contributed by atoms with Gasteiger partial charge in [-0.05, 0) is 39.7 Å². The van der Waals surface area contributed by atoms with Gasteiger partial charge in [-0.3, -0.25) is 0 Å². The number of thiazole rings is 1. The smallest absolute Gasteiger partial charge is 0.113 e. The van der Waals surface area contributed by atoms with Crippen LogP contribution in [0.1, 0.15) is 61.0 Å². The molecule has 3 heteroatoms. The summed E-state index contributed by atoms with van der Waals surface area (Å²) in [6.07, 6.45) is 7.80. The third kappa shape index (κ3) is 2.71. The maximum atomic E-state index is 4.81. The van der Waals surface area contributed by atoms with Gasteiger partial charge in [0.1, 0.15) is 5.01 Å². The van der Waals surface area contributed by atoms with E-state index in [1.165, 1.54) is 54.1 Å². The van der Waals surface area contributed by atoms with E-state index in [4.69, 9.17) is 4.98 Å². The fourth-order valence-electron chi connectivity index (χ4n) is 2.66. The normalized spacial score (nSPS) is 19.5. The molecule has 0 atom stereocenters. The van der Waals surface area contributed by atoms with Crippen LogP contribution in [0.2, 0.25) is 0 Å². The lowest BCUT2D eigenvalue weighted by Gasteiger charge is -2.36. The molecule has 0 saturated heterocycles. The van der Waals surface area contributed by atoms with E-state index >= 15 is 0 Å². The molecule has 1 fully saturated rings. The number of rotatable bonds is 4. The molecule has 17 heavy (non-hydrogen) atoms. The van der Waals surface area contributed by atoms with Crippen molar-refractivity contribution in [2.24, 2.45) is 0 Å². The molecule has 0 bridgehead atoms. The average molecular weight is 252 g/mol. The van der Waals surface area contributed by atoms with Crippen LogP contribution in [0.15, 0.2) is 0 Å². The Morgan fingerprint density at radius 2 is 1.94 bits per heavy atom. The standard InChI is InChI=1S/C14H24N2S/c1-4-10-15-14(8-6-5-7-9-14)13-16-11(2)12(3)17-13/h15H,4-10H2,1-3H3. The van der Waals surface area contributed by atoms with Crippen LogP contribution in [-0.2, 0) is 5.54 Å². The molecule has 0 unspecified atom stereocenters. The van der Waals surface area contributed by atoms with Gasteiger partial charge < -0.3 is 5.32 Å². The van der Waals surface area contributed by atoms with Gasteiger partial charge in [-0.15, -0.1) is 11.3 Å². The Bertz CT molecular complexity index is 345. The van der Waals surface area contributed by atoms with E-state index in [2.05, 4.69) is 26.1 Å². The number of aryl methyl sites for hydroxylation is 2. The van der Waals surface area contributed by atoms with Crippen LogP contribution in [0.5, 0.6) is 0 Å². The molecule has 1 heterocycles. The number of hydrogen-bond acceptors (Lipinski definition) is 3. The van der Waals surface area contributed by atoms with Crippen molar-refractivity contribution in [3.63, 3.8) is 0 Å². The van der Waals surface area contributed by atoms with Crippen LogP contribution in [-0.4, -0.2) is 11.5 Å². The summed E-state index contributed by atoms with van der Waals surface area (Å²) in [6.45, 7) is 7.66. The summed E-state index contributed by atoms with van der Waals surface area (Å²) in [5.74, 6) is 0. The fourth-order valence-corrected chi connectivity index (χ4v) is 3.80. The van der Waals surface area contributed by atoms with Crippen LogP contribution >= 0.6 is 11.3 Å². The molecule has 0 amide bonds. The number of nitrogens with zero attached hydrogens (tertiary/aromatic N) is 1. The van der Waals surface area contributed by atoms with Crippen LogP contribution in [0.3, 0.4) is 0 Å². The zero-order valence-electron chi connectivity index (χ0n) is 11.3. The Morgan fingerprint density at radius 3 is 2.47 bits per heavy atom. The van der Waals surface area contributed by atoms with E-state index in [0.29, 0.717) is 0 Å². The predicted octanol–water partition coefficient (Wildman–Crippen LogP) is 3.92. The van der Waals surface area contributed by atoms with Gasteiger partial charge in [0.25, 0.3) is 0 Å². The number of nitrogens with one attached hydrogen (secondary N) is 1. The Kier molecular flexibility index (Phi) is 4.21. The molecule has 0 radical (unpaired) electrons. The second kappa shape index (κ2) is 5.49. The first-order valence-corrected chi connectivity index (χ1v) is 7.69. The van der Waals surface area contributed by atoms with Crippen molar-refractivity contribution in [3.8, 4) is 0 Å². The molecule has 0 aromatic carbocycles. The Labute approximate surface area is 109 Å². The maximum absolute atomic E-state index is 4.81. The third-order valence-electron chi connectivity index (χ3n) is 3.86. The molecule has 2 nitrogen and oxygen atoms in total. The SMILES string of the molecule is CCCNC1(c2nc(C)c(C)s2)CCCCC1. The molecule has 1 aromatic heterocycles. The van der Waals surface area contributed by atoms with Crippen LogP contribution < -0.4 is 5.32 Å². The average Bonchev–Trinajstić information content (AvgIpc) is 2.69. The third-order valence-corrected chi connectivity index (χ3v) is 5.14. The van der Waals surface area contributed by atoms with Crippen LogP contribution in [0, 0.1) is 13.8 Å². The second-order valence-corrected chi connectivity index (χ2v) is 6.43. The van der Waals surface area contributed by atoms with Crippen molar-refractivity contribution in [1.82, 2.24) is 10.3 Å². The minimum Gasteiger partial charge on any atom is -0.305 e. The summed E-state index contributed by atoms with van der Waals surface area (Å²) >= 11 is 1.90. The zero-order chi connectivity index (χ0) is 12.3. The first-order chi connectivity index (χ1) is 8.18. The highest BCUT2D eigenvalue weighted by atomic mass is 32.1. The van der Waals surface area contributed by atoms with Gasteiger partial charge in [0.15, 0.2) is 0 Å². The maximum Gasteiger partial charge on any atom is 0.113 e. The molecule has 0 spiro atoms. The Balaban J connectivity index is 2.25. The van der Waals surface area contributed by atoms with E-state index in [1.807, 2.05) is 11.3 Å². The molecule has 96 valence electrons. The van der Waals surface area contributed by atoms with Gasteiger partial charge in [-0.2, -0.15) is 0 Å². The van der Waals surface area contributed by atoms with Crippen LogP contribution in [0.4, 0.5) is 0 Å². The fraction of sp³-hybridized carbons (Fsp3) is 0.786. The number of hydrogen-bond donors (Lipinski definition) is 1. The molecule has 2 rings (SSSR count). The Morgan fingerprint density at radius 1 is 1.24 bits per heavy atom. The first kappa shape index (κ1) is 13.0. The summed E-state index contributed by atoms with van der Waals surface area (Å²) in [4.78, 5) is 6.19. The summed E-state index contributed by atoms with van der Waals surface area (Å²) < 4.78 is 0. The highest BCUT2D eigenvalue weighted by molar-refractivity contribution is 7.11. The monoisotopic (exact) mass is 252 g/mol. The van der Waals surface area contributed by atoms with E-state index in [0.717, 1.165) is 6.54 Å². The second-order valence-electron chi connectivity index (χ2n) is 5.23. The lowest BCUT2D eigenvalue weighted by Crippen LogP contribution is -2.44. The minimum absolute atomic E-state index is 0.192.